The highest BCUT2D eigenvalue weighted by atomic mass is 16.5. The summed E-state index contributed by atoms with van der Waals surface area (Å²) >= 11 is 0. The van der Waals surface area contributed by atoms with E-state index in [0.717, 1.165) is 32.3 Å². The fourth-order valence-corrected chi connectivity index (χ4v) is 1.63. The molecule has 1 fully saturated rings. The third-order valence-electron chi connectivity index (χ3n) is 2.88. The normalized spacial score (nSPS) is 16.3. The minimum atomic E-state index is -0.344. The van der Waals surface area contributed by atoms with E-state index < -0.39 is 0 Å². The van der Waals surface area contributed by atoms with Gasteiger partial charge in [-0.2, -0.15) is 0 Å². The van der Waals surface area contributed by atoms with Crippen molar-refractivity contribution in [2.24, 2.45) is 0 Å². The Bertz CT molecular complexity index is 244. The Morgan fingerprint density at radius 1 is 1.21 bits per heavy atom. The van der Waals surface area contributed by atoms with Crippen molar-refractivity contribution < 1.29 is 19.0 Å². The molecule has 0 aliphatic heterocycles. The summed E-state index contributed by atoms with van der Waals surface area (Å²) in [7, 11) is 0. The Morgan fingerprint density at radius 3 is 2.58 bits per heavy atom. The lowest BCUT2D eigenvalue weighted by molar-refractivity contribution is -0.147. The average molecular weight is 273 g/mol. The molecule has 112 valence electrons. The fourth-order valence-electron chi connectivity index (χ4n) is 1.63. The van der Waals surface area contributed by atoms with Crippen molar-refractivity contribution in [3.05, 3.63) is 0 Å². The summed E-state index contributed by atoms with van der Waals surface area (Å²) in [6.45, 7) is 6.59. The first kappa shape index (κ1) is 16.4. The Balaban J connectivity index is 2.08. The van der Waals surface area contributed by atoms with Crippen molar-refractivity contribution in [1.82, 2.24) is 5.32 Å². The summed E-state index contributed by atoms with van der Waals surface area (Å²) in [4.78, 5) is 11.7. The van der Waals surface area contributed by atoms with Crippen molar-refractivity contribution in [2.75, 3.05) is 33.0 Å². The molecule has 0 radical (unpaired) electrons. The van der Waals surface area contributed by atoms with Gasteiger partial charge in [0.25, 0.3) is 0 Å². The SMILES string of the molecule is CCCCOCCOCC(NC1CC1)C(=O)OCC. The second kappa shape index (κ2) is 10.2. The van der Waals surface area contributed by atoms with Gasteiger partial charge in [-0.25, -0.2) is 0 Å². The van der Waals surface area contributed by atoms with Gasteiger partial charge in [0, 0.05) is 12.6 Å². The molecule has 1 unspecified atom stereocenters. The van der Waals surface area contributed by atoms with Gasteiger partial charge in [-0.3, -0.25) is 10.1 Å². The summed E-state index contributed by atoms with van der Waals surface area (Å²) in [6, 6.07) is 0.113. The Labute approximate surface area is 116 Å². The molecule has 0 aromatic heterocycles. The van der Waals surface area contributed by atoms with Gasteiger partial charge >= 0.3 is 5.97 Å². The van der Waals surface area contributed by atoms with Crippen molar-refractivity contribution in [2.45, 2.75) is 51.6 Å². The standard InChI is InChI=1S/C14H27NO4/c1-3-5-8-17-9-10-18-11-13(14(16)19-4-2)15-12-6-7-12/h12-13,15H,3-11H2,1-2H3. The van der Waals surface area contributed by atoms with Gasteiger partial charge in [0.15, 0.2) is 0 Å². The summed E-state index contributed by atoms with van der Waals surface area (Å²) in [5.41, 5.74) is 0. The first-order valence-corrected chi connectivity index (χ1v) is 7.36. The minimum absolute atomic E-state index is 0.221. The van der Waals surface area contributed by atoms with Gasteiger partial charge in [-0.05, 0) is 26.2 Å². The van der Waals surface area contributed by atoms with E-state index in [1.807, 2.05) is 6.92 Å². The minimum Gasteiger partial charge on any atom is -0.465 e. The van der Waals surface area contributed by atoms with Crippen LogP contribution in [0.5, 0.6) is 0 Å². The first-order valence-electron chi connectivity index (χ1n) is 7.36. The number of carbonyl (C=O) groups excluding carboxylic acids is 1. The number of hydrogen-bond acceptors (Lipinski definition) is 5. The highest BCUT2D eigenvalue weighted by molar-refractivity contribution is 5.76. The average Bonchev–Trinajstić information content (AvgIpc) is 3.20. The summed E-state index contributed by atoms with van der Waals surface area (Å²) in [6.07, 6.45) is 4.48. The molecule has 1 N–H and O–H groups in total. The monoisotopic (exact) mass is 273 g/mol. The van der Waals surface area contributed by atoms with E-state index in [9.17, 15) is 4.79 Å². The van der Waals surface area contributed by atoms with E-state index in [-0.39, 0.29) is 12.0 Å². The predicted octanol–water partition coefficient (Wildman–Crippen LogP) is 1.50. The molecule has 5 nitrogen and oxygen atoms in total. The van der Waals surface area contributed by atoms with E-state index in [4.69, 9.17) is 14.2 Å². The number of carbonyl (C=O) groups is 1. The number of nitrogens with one attached hydrogen (secondary N) is 1. The lowest BCUT2D eigenvalue weighted by atomic mass is 10.3. The van der Waals surface area contributed by atoms with Crippen molar-refractivity contribution in [1.29, 1.82) is 0 Å². The second-order valence-corrected chi connectivity index (χ2v) is 4.79. The molecule has 0 aromatic carbocycles. The number of unbranched alkanes of at least 4 members (excludes halogenated alkanes) is 1. The van der Waals surface area contributed by atoms with Gasteiger partial charge in [-0.15, -0.1) is 0 Å². The van der Waals surface area contributed by atoms with E-state index in [1.54, 1.807) is 0 Å². The van der Waals surface area contributed by atoms with Crippen LogP contribution in [0.4, 0.5) is 0 Å². The molecule has 1 aliphatic carbocycles. The predicted molar refractivity (Wildman–Crippen MR) is 73.1 cm³/mol. The summed E-state index contributed by atoms with van der Waals surface area (Å²) < 4.78 is 15.9. The molecule has 0 saturated heterocycles. The maximum absolute atomic E-state index is 11.7. The zero-order valence-electron chi connectivity index (χ0n) is 12.2. The number of rotatable bonds is 12. The van der Waals surface area contributed by atoms with Crippen LogP contribution < -0.4 is 5.32 Å². The largest absolute Gasteiger partial charge is 0.465 e. The van der Waals surface area contributed by atoms with Crippen LogP contribution in [0.2, 0.25) is 0 Å². The zero-order valence-corrected chi connectivity index (χ0v) is 12.2. The molecular weight excluding hydrogens is 246 g/mol. The lowest BCUT2D eigenvalue weighted by Crippen LogP contribution is -2.43. The highest BCUT2D eigenvalue weighted by Crippen LogP contribution is 2.19. The van der Waals surface area contributed by atoms with Crippen molar-refractivity contribution >= 4 is 5.97 Å². The van der Waals surface area contributed by atoms with Crippen LogP contribution in [-0.4, -0.2) is 51.1 Å². The Morgan fingerprint density at radius 2 is 1.95 bits per heavy atom. The molecule has 1 rings (SSSR count). The molecule has 19 heavy (non-hydrogen) atoms. The molecule has 0 heterocycles. The highest BCUT2D eigenvalue weighted by Gasteiger charge is 2.29. The third-order valence-corrected chi connectivity index (χ3v) is 2.88. The molecule has 0 spiro atoms. The summed E-state index contributed by atoms with van der Waals surface area (Å²) in [5.74, 6) is -0.221. The van der Waals surface area contributed by atoms with Crippen LogP contribution in [0.1, 0.15) is 39.5 Å². The van der Waals surface area contributed by atoms with Gasteiger partial charge in [0.2, 0.25) is 0 Å². The van der Waals surface area contributed by atoms with Crippen LogP contribution in [0.25, 0.3) is 0 Å². The molecule has 1 aliphatic rings. The van der Waals surface area contributed by atoms with E-state index in [1.165, 1.54) is 0 Å². The van der Waals surface area contributed by atoms with Crippen molar-refractivity contribution in [3.63, 3.8) is 0 Å². The zero-order chi connectivity index (χ0) is 13.9. The van der Waals surface area contributed by atoms with E-state index in [0.29, 0.717) is 32.5 Å². The van der Waals surface area contributed by atoms with Crippen LogP contribution in [0.3, 0.4) is 0 Å². The van der Waals surface area contributed by atoms with Crippen LogP contribution in [0.15, 0.2) is 0 Å². The van der Waals surface area contributed by atoms with Crippen LogP contribution in [-0.2, 0) is 19.0 Å². The van der Waals surface area contributed by atoms with Gasteiger partial charge in [-0.1, -0.05) is 13.3 Å². The number of hydrogen-bond donors (Lipinski definition) is 1. The van der Waals surface area contributed by atoms with Gasteiger partial charge < -0.3 is 14.2 Å². The lowest BCUT2D eigenvalue weighted by Gasteiger charge is -2.17. The smallest absolute Gasteiger partial charge is 0.325 e. The van der Waals surface area contributed by atoms with E-state index in [2.05, 4.69) is 12.2 Å². The molecule has 0 aromatic rings. The maximum atomic E-state index is 11.7. The number of esters is 1. The molecule has 1 saturated carbocycles. The topological polar surface area (TPSA) is 56.8 Å². The third kappa shape index (κ3) is 8.18. The molecule has 5 heteroatoms. The summed E-state index contributed by atoms with van der Waals surface area (Å²) in [5, 5.41) is 3.25. The maximum Gasteiger partial charge on any atom is 0.325 e. The second-order valence-electron chi connectivity index (χ2n) is 4.79. The first-order chi connectivity index (χ1) is 9.27. The quantitative estimate of drug-likeness (QED) is 0.431. The van der Waals surface area contributed by atoms with Crippen molar-refractivity contribution in [3.8, 4) is 0 Å². The molecule has 1 atom stereocenters. The fraction of sp³-hybridized carbons (Fsp3) is 0.929. The van der Waals surface area contributed by atoms with Gasteiger partial charge in [0.05, 0.1) is 26.4 Å². The Hall–Kier alpha value is -0.650. The number of ether oxygens (including phenoxy) is 3. The molecular formula is C14H27NO4. The van der Waals surface area contributed by atoms with Crippen LogP contribution >= 0.6 is 0 Å². The Kier molecular flexibility index (Phi) is 8.79. The van der Waals surface area contributed by atoms with Crippen LogP contribution in [0, 0.1) is 0 Å². The van der Waals surface area contributed by atoms with Gasteiger partial charge in [0.1, 0.15) is 6.04 Å². The molecule has 0 bridgehead atoms. The van der Waals surface area contributed by atoms with E-state index >= 15 is 0 Å². The molecule has 0 amide bonds.